The SMILES string of the molecule is COc1cc(C(=O)NCCc2c(C)[nH]c3ccc(C)cc23)ccc1-n1cnc(C)c1. The fourth-order valence-corrected chi connectivity index (χ4v) is 3.81. The van der Waals surface area contributed by atoms with E-state index in [0.29, 0.717) is 17.9 Å². The third-order valence-electron chi connectivity index (χ3n) is 5.37. The Morgan fingerprint density at radius 2 is 2.00 bits per heavy atom. The highest BCUT2D eigenvalue weighted by Gasteiger charge is 2.13. The smallest absolute Gasteiger partial charge is 0.251 e. The molecule has 0 unspecified atom stereocenters. The van der Waals surface area contributed by atoms with Gasteiger partial charge in [-0.2, -0.15) is 0 Å². The van der Waals surface area contributed by atoms with E-state index in [2.05, 4.69) is 47.3 Å². The summed E-state index contributed by atoms with van der Waals surface area (Å²) < 4.78 is 7.39. The van der Waals surface area contributed by atoms with Gasteiger partial charge in [0.1, 0.15) is 5.75 Å². The molecule has 4 rings (SSSR count). The van der Waals surface area contributed by atoms with Crippen molar-refractivity contribution >= 4 is 16.8 Å². The number of carbonyl (C=O) groups is 1. The van der Waals surface area contributed by atoms with Crippen LogP contribution in [-0.4, -0.2) is 34.1 Å². The number of aromatic amines is 1. The minimum atomic E-state index is -0.115. The van der Waals surface area contributed by atoms with Crippen LogP contribution in [0.3, 0.4) is 0 Å². The summed E-state index contributed by atoms with van der Waals surface area (Å²) in [6, 6.07) is 11.9. The fourth-order valence-electron chi connectivity index (χ4n) is 3.81. The molecule has 0 atom stereocenters. The highest BCUT2D eigenvalue weighted by Crippen LogP contribution is 2.25. The number of methoxy groups -OCH3 is 1. The van der Waals surface area contributed by atoms with Crippen LogP contribution in [0.15, 0.2) is 48.9 Å². The molecular formula is C24H26N4O2. The molecule has 0 fully saturated rings. The van der Waals surface area contributed by atoms with E-state index in [4.69, 9.17) is 4.74 Å². The third-order valence-corrected chi connectivity index (χ3v) is 5.37. The van der Waals surface area contributed by atoms with Crippen LogP contribution < -0.4 is 10.1 Å². The summed E-state index contributed by atoms with van der Waals surface area (Å²) in [4.78, 5) is 20.4. The zero-order chi connectivity index (χ0) is 21.3. The maximum atomic E-state index is 12.7. The molecule has 2 aromatic carbocycles. The summed E-state index contributed by atoms with van der Waals surface area (Å²) in [5, 5.41) is 4.26. The average Bonchev–Trinajstić information content (AvgIpc) is 3.30. The molecule has 2 aromatic heterocycles. The molecule has 30 heavy (non-hydrogen) atoms. The second-order valence-electron chi connectivity index (χ2n) is 7.59. The Labute approximate surface area is 175 Å². The van der Waals surface area contributed by atoms with Crippen molar-refractivity contribution in [3.05, 3.63) is 77.0 Å². The van der Waals surface area contributed by atoms with Crippen LogP contribution in [0.25, 0.3) is 16.6 Å². The lowest BCUT2D eigenvalue weighted by Crippen LogP contribution is -2.25. The van der Waals surface area contributed by atoms with Gasteiger partial charge in [-0.3, -0.25) is 4.79 Å². The predicted molar refractivity (Wildman–Crippen MR) is 119 cm³/mol. The summed E-state index contributed by atoms with van der Waals surface area (Å²) in [6.45, 7) is 6.66. The van der Waals surface area contributed by atoms with E-state index < -0.39 is 0 Å². The lowest BCUT2D eigenvalue weighted by atomic mass is 10.1. The van der Waals surface area contributed by atoms with E-state index in [1.807, 2.05) is 29.8 Å². The molecule has 2 heterocycles. The number of fused-ring (bicyclic) bond motifs is 1. The first kappa shape index (κ1) is 19.8. The van der Waals surface area contributed by atoms with E-state index in [1.165, 1.54) is 16.5 Å². The molecule has 2 N–H and O–H groups in total. The van der Waals surface area contributed by atoms with Gasteiger partial charge >= 0.3 is 0 Å². The summed E-state index contributed by atoms with van der Waals surface area (Å²) in [7, 11) is 1.60. The molecule has 0 spiro atoms. The van der Waals surface area contributed by atoms with Gasteiger partial charge in [0.05, 0.1) is 24.8 Å². The Morgan fingerprint density at radius 1 is 1.17 bits per heavy atom. The summed E-state index contributed by atoms with van der Waals surface area (Å²) >= 11 is 0. The number of rotatable bonds is 6. The van der Waals surface area contributed by atoms with E-state index in [1.54, 1.807) is 19.5 Å². The third kappa shape index (κ3) is 3.81. The fraction of sp³-hybridized carbons (Fsp3) is 0.250. The molecule has 1 amide bonds. The predicted octanol–water partition coefficient (Wildman–Crippen LogP) is 4.26. The molecule has 154 valence electrons. The monoisotopic (exact) mass is 402 g/mol. The van der Waals surface area contributed by atoms with Crippen LogP contribution in [0.2, 0.25) is 0 Å². The number of carbonyl (C=O) groups excluding carboxylic acids is 1. The van der Waals surface area contributed by atoms with E-state index in [9.17, 15) is 4.79 Å². The maximum absolute atomic E-state index is 12.7. The van der Waals surface area contributed by atoms with Gasteiger partial charge < -0.3 is 19.6 Å². The van der Waals surface area contributed by atoms with Crippen LogP contribution in [0.5, 0.6) is 5.75 Å². The van der Waals surface area contributed by atoms with Gasteiger partial charge in [0, 0.05) is 34.9 Å². The van der Waals surface area contributed by atoms with Gasteiger partial charge in [0.15, 0.2) is 0 Å². The van der Waals surface area contributed by atoms with Gasteiger partial charge in [-0.1, -0.05) is 11.6 Å². The van der Waals surface area contributed by atoms with Crippen molar-refractivity contribution in [3.63, 3.8) is 0 Å². The zero-order valence-corrected chi connectivity index (χ0v) is 17.7. The lowest BCUT2D eigenvalue weighted by molar-refractivity contribution is 0.0954. The Hall–Kier alpha value is -3.54. The van der Waals surface area contributed by atoms with Crippen LogP contribution in [0.4, 0.5) is 0 Å². The average molecular weight is 402 g/mol. The number of nitrogens with zero attached hydrogens (tertiary/aromatic N) is 2. The molecule has 6 heteroatoms. The van der Waals surface area contributed by atoms with Crippen molar-refractivity contribution in [3.8, 4) is 11.4 Å². The molecular weight excluding hydrogens is 376 g/mol. The molecule has 0 aliphatic heterocycles. The van der Waals surface area contributed by atoms with Crippen LogP contribution in [0, 0.1) is 20.8 Å². The molecule has 0 saturated carbocycles. The van der Waals surface area contributed by atoms with E-state index in [-0.39, 0.29) is 5.91 Å². The van der Waals surface area contributed by atoms with Crippen molar-refractivity contribution in [2.45, 2.75) is 27.2 Å². The Bertz CT molecular complexity index is 1220. The van der Waals surface area contributed by atoms with Crippen LogP contribution in [-0.2, 0) is 6.42 Å². The van der Waals surface area contributed by atoms with E-state index >= 15 is 0 Å². The Kier molecular flexibility index (Phi) is 5.31. The first-order chi connectivity index (χ1) is 14.5. The Balaban J connectivity index is 1.47. The second kappa shape index (κ2) is 8.06. The van der Waals surface area contributed by atoms with Crippen LogP contribution in [0.1, 0.15) is 32.9 Å². The van der Waals surface area contributed by atoms with Gasteiger partial charge in [-0.15, -0.1) is 0 Å². The first-order valence-electron chi connectivity index (χ1n) is 10.0. The van der Waals surface area contributed by atoms with Gasteiger partial charge in [0.2, 0.25) is 0 Å². The normalized spacial score (nSPS) is 11.1. The number of amides is 1. The molecule has 0 bridgehead atoms. The number of benzene rings is 2. The molecule has 0 aliphatic carbocycles. The number of hydrogen-bond donors (Lipinski definition) is 2. The standard InChI is InChI=1S/C24H26N4O2/c1-15-5-7-21-20(11-15)19(17(3)27-21)9-10-25-24(29)18-6-8-22(23(12-18)30-4)28-13-16(2)26-14-28/h5-8,11-14,27H,9-10H2,1-4H3,(H,25,29). The van der Waals surface area contributed by atoms with Crippen molar-refractivity contribution < 1.29 is 9.53 Å². The minimum Gasteiger partial charge on any atom is -0.495 e. The Morgan fingerprint density at radius 3 is 2.73 bits per heavy atom. The summed E-state index contributed by atoms with van der Waals surface area (Å²) in [5.74, 6) is 0.512. The molecule has 4 aromatic rings. The first-order valence-corrected chi connectivity index (χ1v) is 10.0. The summed E-state index contributed by atoms with van der Waals surface area (Å²) in [6.07, 6.45) is 4.42. The largest absolute Gasteiger partial charge is 0.495 e. The number of hydrogen-bond acceptors (Lipinski definition) is 3. The van der Waals surface area contributed by atoms with E-state index in [0.717, 1.165) is 29.0 Å². The van der Waals surface area contributed by atoms with Crippen LogP contribution >= 0.6 is 0 Å². The number of aryl methyl sites for hydroxylation is 3. The van der Waals surface area contributed by atoms with Crippen molar-refractivity contribution in [1.82, 2.24) is 19.9 Å². The number of aromatic nitrogens is 3. The molecule has 0 radical (unpaired) electrons. The number of H-pyrrole nitrogens is 1. The minimum absolute atomic E-state index is 0.115. The van der Waals surface area contributed by atoms with Crippen molar-refractivity contribution in [2.75, 3.05) is 13.7 Å². The zero-order valence-electron chi connectivity index (χ0n) is 17.7. The van der Waals surface area contributed by atoms with Gasteiger partial charge in [-0.25, -0.2) is 4.98 Å². The van der Waals surface area contributed by atoms with Crippen molar-refractivity contribution in [2.24, 2.45) is 0 Å². The highest BCUT2D eigenvalue weighted by atomic mass is 16.5. The maximum Gasteiger partial charge on any atom is 0.251 e. The topological polar surface area (TPSA) is 71.9 Å². The highest BCUT2D eigenvalue weighted by molar-refractivity contribution is 5.95. The van der Waals surface area contributed by atoms with Crippen molar-refractivity contribution in [1.29, 1.82) is 0 Å². The van der Waals surface area contributed by atoms with Gasteiger partial charge in [0.25, 0.3) is 5.91 Å². The molecule has 0 aliphatic rings. The second-order valence-corrected chi connectivity index (χ2v) is 7.59. The quantitative estimate of drug-likeness (QED) is 0.506. The van der Waals surface area contributed by atoms with Gasteiger partial charge in [-0.05, 0) is 63.1 Å². The number of nitrogens with one attached hydrogen (secondary N) is 2. The molecule has 6 nitrogen and oxygen atoms in total. The number of ether oxygens (including phenoxy) is 1. The lowest BCUT2D eigenvalue weighted by Gasteiger charge is -2.12. The number of imidazole rings is 1. The molecule has 0 saturated heterocycles. The summed E-state index contributed by atoms with van der Waals surface area (Å²) in [5.41, 5.74) is 7.09.